The van der Waals surface area contributed by atoms with Gasteiger partial charge >= 0.3 is 6.18 Å². The van der Waals surface area contributed by atoms with E-state index in [2.05, 4.69) is 4.98 Å². The molecule has 0 radical (unpaired) electrons. The van der Waals surface area contributed by atoms with E-state index in [0.717, 1.165) is 17.8 Å². The van der Waals surface area contributed by atoms with Gasteiger partial charge in [-0.3, -0.25) is 9.69 Å². The van der Waals surface area contributed by atoms with Crippen molar-refractivity contribution >= 4 is 23.3 Å². The number of anilines is 1. The molecule has 0 unspecified atom stereocenters. The molecule has 0 saturated carbocycles. The Morgan fingerprint density at radius 1 is 1.18 bits per heavy atom. The number of pyridine rings is 1. The first-order valence-corrected chi connectivity index (χ1v) is 9.12. The number of carbonyl (C=O) groups excluding carboxylic acids is 1. The van der Waals surface area contributed by atoms with Crippen LogP contribution in [0.3, 0.4) is 0 Å². The van der Waals surface area contributed by atoms with E-state index in [-0.39, 0.29) is 12.5 Å². The molecule has 3 rings (SSSR count). The molecule has 0 bridgehead atoms. The number of hydrogen-bond acceptors (Lipinski definition) is 3. The van der Waals surface area contributed by atoms with E-state index in [9.17, 15) is 18.0 Å². The highest BCUT2D eigenvalue weighted by molar-refractivity contribution is 6.32. The fraction of sp³-hybridized carbons (Fsp3) is 0.368. The molecule has 5 nitrogen and oxygen atoms in total. The second-order valence-corrected chi connectivity index (χ2v) is 6.96. The molecule has 1 fully saturated rings. The van der Waals surface area contributed by atoms with Gasteiger partial charge in [0.2, 0.25) is 0 Å². The summed E-state index contributed by atoms with van der Waals surface area (Å²) in [6.07, 6.45) is -3.42. The molecule has 0 atom stereocenters. The summed E-state index contributed by atoms with van der Waals surface area (Å²) in [5.41, 5.74) is 0.255. The van der Waals surface area contributed by atoms with Crippen molar-refractivity contribution in [1.29, 1.82) is 0 Å². The maximum atomic E-state index is 12.6. The van der Waals surface area contributed by atoms with Gasteiger partial charge < -0.3 is 9.64 Å². The summed E-state index contributed by atoms with van der Waals surface area (Å²) in [6, 6.07) is 7.80. The Morgan fingerprint density at radius 2 is 1.89 bits per heavy atom. The van der Waals surface area contributed by atoms with E-state index in [4.69, 9.17) is 16.3 Å². The first-order valence-electron chi connectivity index (χ1n) is 8.74. The average Bonchev–Trinajstić information content (AvgIpc) is 2.68. The number of hydrogen-bond donors (Lipinski definition) is 0. The van der Waals surface area contributed by atoms with Crippen molar-refractivity contribution in [3.05, 3.63) is 52.7 Å². The lowest BCUT2D eigenvalue weighted by Crippen LogP contribution is -2.51. The molecule has 1 saturated heterocycles. The lowest BCUT2D eigenvalue weighted by molar-refractivity contribution is -0.367. The number of H-pyrrole nitrogens is 1. The van der Waals surface area contributed by atoms with E-state index in [1.165, 1.54) is 6.07 Å². The Bertz CT molecular complexity index is 835. The predicted molar refractivity (Wildman–Crippen MR) is 98.5 cm³/mol. The van der Waals surface area contributed by atoms with Crippen LogP contribution in [0.1, 0.15) is 11.1 Å². The maximum Gasteiger partial charge on any atom is 0.419 e. The molecule has 0 spiro atoms. The van der Waals surface area contributed by atoms with Crippen LogP contribution in [0.15, 0.2) is 36.5 Å². The van der Waals surface area contributed by atoms with Gasteiger partial charge in [-0.1, -0.05) is 17.7 Å². The van der Waals surface area contributed by atoms with Gasteiger partial charge in [0.05, 0.1) is 23.7 Å². The fourth-order valence-electron chi connectivity index (χ4n) is 2.94. The number of piperazine rings is 1. The molecule has 0 aliphatic carbocycles. The number of carbonyl (C=O) groups is 1. The lowest BCUT2D eigenvalue weighted by Gasteiger charge is -2.31. The number of aryl methyl sites for hydroxylation is 1. The smallest absolute Gasteiger partial charge is 0.419 e. The minimum atomic E-state index is -4.37. The van der Waals surface area contributed by atoms with Gasteiger partial charge in [-0.25, -0.2) is 4.98 Å². The van der Waals surface area contributed by atoms with Gasteiger partial charge in [-0.15, -0.1) is 0 Å². The zero-order valence-corrected chi connectivity index (χ0v) is 16.0. The number of rotatable bonds is 4. The summed E-state index contributed by atoms with van der Waals surface area (Å²) in [4.78, 5) is 18.6. The zero-order chi connectivity index (χ0) is 20.3. The zero-order valence-electron chi connectivity index (χ0n) is 15.2. The van der Waals surface area contributed by atoms with Crippen molar-refractivity contribution in [2.45, 2.75) is 13.1 Å². The Kier molecular flexibility index (Phi) is 5.98. The highest BCUT2D eigenvalue weighted by Crippen LogP contribution is 2.28. The van der Waals surface area contributed by atoms with Gasteiger partial charge in [-0.05, 0) is 30.7 Å². The molecular weight excluding hydrogens is 395 g/mol. The standard InChI is InChI=1S/C19H19ClF3N3O2/c1-13-2-4-15(20)16(10-13)28-12-18(27)26-8-6-25(7-9-26)17-5-3-14(11-24-17)19(21,22)23/h2-5,10-11H,6-9,12H2,1H3/p+1. The molecule has 150 valence electrons. The number of amides is 1. The molecular formula is C19H20ClF3N3O2+. The number of aromatic nitrogens is 1. The molecule has 1 amide bonds. The first kappa shape index (κ1) is 20.3. The highest BCUT2D eigenvalue weighted by Gasteiger charge is 2.33. The van der Waals surface area contributed by atoms with Gasteiger partial charge in [0, 0.05) is 6.07 Å². The Hall–Kier alpha value is -2.48. The van der Waals surface area contributed by atoms with E-state index in [0.29, 0.717) is 42.8 Å². The molecule has 2 aromatic rings. The number of aromatic amines is 1. The van der Waals surface area contributed by atoms with Gasteiger partial charge in [0.25, 0.3) is 11.7 Å². The third-order valence-corrected chi connectivity index (χ3v) is 4.85. The molecule has 1 aromatic carbocycles. The normalized spacial score (nSPS) is 14.9. The SMILES string of the molecule is Cc1ccc(Cl)c(OCC(=O)N2CCN(c3ccc(C(F)(F)F)c[nH+]3)CC2)c1. The highest BCUT2D eigenvalue weighted by atomic mass is 35.5. The van der Waals surface area contributed by atoms with Gasteiger partial charge in [0.15, 0.2) is 6.61 Å². The third-order valence-electron chi connectivity index (χ3n) is 4.53. The van der Waals surface area contributed by atoms with Crippen molar-refractivity contribution < 1.29 is 27.7 Å². The molecule has 1 aliphatic rings. The molecule has 2 heterocycles. The first-order chi connectivity index (χ1) is 13.2. The molecule has 9 heteroatoms. The van der Waals surface area contributed by atoms with Crippen molar-refractivity contribution in [2.24, 2.45) is 0 Å². The summed E-state index contributed by atoms with van der Waals surface area (Å²) >= 11 is 6.06. The second-order valence-electron chi connectivity index (χ2n) is 6.55. The van der Waals surface area contributed by atoms with E-state index < -0.39 is 11.7 Å². The van der Waals surface area contributed by atoms with Gasteiger partial charge in [0.1, 0.15) is 25.0 Å². The Balaban J connectivity index is 1.52. The number of benzene rings is 1. The monoisotopic (exact) mass is 414 g/mol. The second kappa shape index (κ2) is 8.26. The lowest BCUT2D eigenvalue weighted by atomic mass is 10.2. The number of ether oxygens (including phenoxy) is 1. The Labute approximate surface area is 165 Å². The summed E-state index contributed by atoms with van der Waals surface area (Å²) < 4.78 is 43.5. The predicted octanol–water partition coefficient (Wildman–Crippen LogP) is 3.21. The van der Waals surface area contributed by atoms with Gasteiger partial charge in [-0.2, -0.15) is 13.2 Å². The molecule has 1 aromatic heterocycles. The van der Waals surface area contributed by atoms with Crippen molar-refractivity contribution in [1.82, 2.24) is 4.90 Å². The third kappa shape index (κ3) is 4.86. The minimum Gasteiger partial charge on any atom is -0.482 e. The van der Waals surface area contributed by atoms with Crippen LogP contribution in [-0.4, -0.2) is 43.6 Å². The largest absolute Gasteiger partial charge is 0.482 e. The number of nitrogens with one attached hydrogen (secondary N) is 1. The molecule has 1 N–H and O–H groups in total. The van der Waals surface area contributed by atoms with E-state index in [1.807, 2.05) is 17.9 Å². The minimum absolute atomic E-state index is 0.115. The quantitative estimate of drug-likeness (QED) is 0.772. The van der Waals surface area contributed by atoms with E-state index in [1.54, 1.807) is 17.0 Å². The molecule has 28 heavy (non-hydrogen) atoms. The van der Waals surface area contributed by atoms with Crippen molar-refractivity contribution in [2.75, 3.05) is 37.7 Å². The average molecular weight is 415 g/mol. The number of alkyl halides is 3. The fourth-order valence-corrected chi connectivity index (χ4v) is 3.11. The van der Waals surface area contributed by atoms with Crippen LogP contribution in [0.2, 0.25) is 5.02 Å². The van der Waals surface area contributed by atoms with Crippen LogP contribution in [0, 0.1) is 6.92 Å². The van der Waals surface area contributed by atoms with Crippen LogP contribution >= 0.6 is 11.6 Å². The Morgan fingerprint density at radius 3 is 2.50 bits per heavy atom. The number of halogens is 4. The number of nitrogens with zero attached hydrogens (tertiary/aromatic N) is 2. The topological polar surface area (TPSA) is 46.9 Å². The maximum absolute atomic E-state index is 12.6. The van der Waals surface area contributed by atoms with Crippen LogP contribution < -0.4 is 14.6 Å². The van der Waals surface area contributed by atoms with Crippen molar-refractivity contribution in [3.8, 4) is 5.75 Å². The summed E-state index contributed by atoms with van der Waals surface area (Å²) in [5.74, 6) is 0.893. The van der Waals surface area contributed by atoms with Crippen LogP contribution in [0.4, 0.5) is 19.0 Å². The summed E-state index contributed by atoms with van der Waals surface area (Å²) in [5, 5.41) is 0.445. The summed E-state index contributed by atoms with van der Waals surface area (Å²) in [6.45, 7) is 3.73. The van der Waals surface area contributed by atoms with Crippen LogP contribution in [-0.2, 0) is 11.0 Å². The van der Waals surface area contributed by atoms with Crippen LogP contribution in [0.25, 0.3) is 0 Å². The molecule has 1 aliphatic heterocycles. The summed E-state index contributed by atoms with van der Waals surface area (Å²) in [7, 11) is 0. The van der Waals surface area contributed by atoms with E-state index >= 15 is 0 Å². The van der Waals surface area contributed by atoms with Crippen molar-refractivity contribution in [3.63, 3.8) is 0 Å². The van der Waals surface area contributed by atoms with Crippen LogP contribution in [0.5, 0.6) is 5.75 Å².